The number of Topliss-reactive ketones (excluding diaryl/α,β-unsaturated/α-hetero) is 1. The number of aryl methyl sites for hydroxylation is 1. The molecule has 3 heterocycles. The van der Waals surface area contributed by atoms with E-state index in [1.54, 1.807) is 13.8 Å². The predicted molar refractivity (Wildman–Crippen MR) is 210 cm³/mol. The maximum Gasteiger partial charge on any atom is 0.427 e. The van der Waals surface area contributed by atoms with Gasteiger partial charge in [0, 0.05) is 25.0 Å². The lowest BCUT2D eigenvalue weighted by Crippen LogP contribution is -2.49. The average Bonchev–Trinajstić information content (AvgIpc) is 4.04. The molecular formula is C42H54F4N4O9S. The van der Waals surface area contributed by atoms with Gasteiger partial charge < -0.3 is 19.1 Å². The van der Waals surface area contributed by atoms with Gasteiger partial charge in [-0.1, -0.05) is 32.4 Å². The van der Waals surface area contributed by atoms with Crippen LogP contribution in [0.1, 0.15) is 105 Å². The number of alkyl halides is 3. The molecule has 1 aromatic carbocycles. The van der Waals surface area contributed by atoms with E-state index in [-0.39, 0.29) is 53.7 Å². The summed E-state index contributed by atoms with van der Waals surface area (Å²) in [6.45, 7) is 8.18. The number of hydrogen-bond acceptors (Lipinski definition) is 11. The quantitative estimate of drug-likeness (QED) is 0.153. The molecule has 0 spiro atoms. The lowest BCUT2D eigenvalue weighted by molar-refractivity contribution is -0.257. The summed E-state index contributed by atoms with van der Waals surface area (Å²) in [6, 6.07) is 1.28. The predicted octanol–water partition coefficient (Wildman–Crippen LogP) is 6.69. The number of nitrogens with one attached hydrogen (secondary N) is 1. The Morgan fingerprint density at radius 3 is 2.40 bits per heavy atom. The van der Waals surface area contributed by atoms with Gasteiger partial charge in [0.25, 0.3) is 0 Å². The zero-order chi connectivity index (χ0) is 44.2. The molecule has 13 nitrogen and oxygen atoms in total. The molecule has 1 saturated heterocycles. The van der Waals surface area contributed by atoms with Gasteiger partial charge in [0.05, 0.1) is 53.2 Å². The lowest BCUT2D eigenvalue weighted by atomic mass is 9.79. The molecule has 1 N–H and O–H groups in total. The standard InChI is InChI=1S/C42H54F4N4O9S/c1-8-25-15-23(2)11-9-10-12-26-20-41(26,38(54)49-60(55,56)40(6)13-14-40)21-33(51)32-16-27(58-36-24(3)47-30-18-29(43)34(57-7)19-31(30)48-36)22-50(32)37(53)28(25)17-35(52)59-39(4,5)42(44,45)46/h10,12,18-19,23,25-28,32H,8-9,11,13-17,20-22H2,1-7H3,(H,49,54)/b12-10-/t23-,25-,26-,27-,28+,32+,41-/m1/s1. The van der Waals surface area contributed by atoms with Crippen molar-refractivity contribution in [2.24, 2.45) is 29.1 Å². The minimum Gasteiger partial charge on any atom is -0.494 e. The molecule has 18 heteroatoms. The number of sulfonamides is 1. The number of halogens is 4. The van der Waals surface area contributed by atoms with Crippen molar-refractivity contribution in [3.8, 4) is 11.6 Å². The molecule has 2 aromatic rings. The average molecular weight is 867 g/mol. The summed E-state index contributed by atoms with van der Waals surface area (Å²) in [4.78, 5) is 67.3. The smallest absolute Gasteiger partial charge is 0.427 e. The summed E-state index contributed by atoms with van der Waals surface area (Å²) < 4.78 is 100.0. The fourth-order valence-electron chi connectivity index (χ4n) is 8.46. The zero-order valence-electron chi connectivity index (χ0n) is 35.0. The Hall–Kier alpha value is -4.35. The first-order valence-corrected chi connectivity index (χ1v) is 22.0. The molecular weight excluding hydrogens is 813 g/mol. The maximum absolute atomic E-state index is 15.0. The fraction of sp³-hybridized carbons (Fsp3) is 0.667. The van der Waals surface area contributed by atoms with E-state index in [2.05, 4.69) is 14.7 Å². The van der Waals surface area contributed by atoms with Crippen molar-refractivity contribution in [3.63, 3.8) is 0 Å². The first kappa shape index (κ1) is 45.2. The second kappa shape index (κ2) is 16.5. The number of carbonyl (C=O) groups is 4. The number of ether oxygens (including phenoxy) is 3. The second-order valence-electron chi connectivity index (χ2n) is 17.9. The highest BCUT2D eigenvalue weighted by Gasteiger charge is 2.63. The van der Waals surface area contributed by atoms with Crippen LogP contribution >= 0.6 is 0 Å². The third-order valence-electron chi connectivity index (χ3n) is 12.9. The number of fused-ring (bicyclic) bond motifs is 3. The number of hydrogen-bond donors (Lipinski definition) is 1. The van der Waals surface area contributed by atoms with E-state index in [0.29, 0.717) is 38.5 Å². The Labute approximate surface area is 347 Å². The minimum absolute atomic E-state index is 0.00649. The molecule has 4 aliphatic rings. The van der Waals surface area contributed by atoms with Crippen LogP contribution < -0.4 is 14.2 Å². The molecule has 330 valence electrons. The number of rotatable bonds is 10. The van der Waals surface area contributed by atoms with Crippen molar-refractivity contribution >= 4 is 44.6 Å². The van der Waals surface area contributed by atoms with Gasteiger partial charge >= 0.3 is 12.1 Å². The number of carbonyl (C=O) groups excluding carboxylic acids is 4. The largest absolute Gasteiger partial charge is 0.494 e. The highest BCUT2D eigenvalue weighted by molar-refractivity contribution is 7.91. The number of benzene rings is 1. The molecule has 3 fully saturated rings. The van der Waals surface area contributed by atoms with Crippen molar-refractivity contribution in [1.29, 1.82) is 0 Å². The number of methoxy groups -OCH3 is 1. The maximum atomic E-state index is 15.0. The summed E-state index contributed by atoms with van der Waals surface area (Å²) >= 11 is 0. The highest BCUT2D eigenvalue weighted by Crippen LogP contribution is 2.58. The second-order valence-corrected chi connectivity index (χ2v) is 20.1. The number of amides is 2. The molecule has 0 radical (unpaired) electrons. The van der Waals surface area contributed by atoms with Crippen LogP contribution in [0.4, 0.5) is 17.6 Å². The van der Waals surface area contributed by atoms with Gasteiger partial charge in [0.2, 0.25) is 33.3 Å². The highest BCUT2D eigenvalue weighted by atomic mass is 32.2. The molecule has 60 heavy (non-hydrogen) atoms. The molecule has 0 unspecified atom stereocenters. The summed E-state index contributed by atoms with van der Waals surface area (Å²) in [5.74, 6) is -6.09. The number of ketones is 1. The SMILES string of the molecule is CC[C@@H]1C[C@H](C)CC/C=C\[C@@H]2C[C@@]2(C(=O)NS(=O)(=O)C2(C)CC2)CC(=O)[C@@H]2C[C@@H](Oc3nc4cc(OC)c(F)cc4nc3C)CN2C(=O)[C@H]1CC(=O)OC(C)(C)C(F)(F)F. The topological polar surface area (TPSA) is 171 Å². The normalized spacial score (nSPS) is 29.1. The lowest BCUT2D eigenvalue weighted by Gasteiger charge is -2.34. The Morgan fingerprint density at radius 2 is 1.77 bits per heavy atom. The van der Waals surface area contributed by atoms with Crippen LogP contribution in [-0.2, 0) is 33.9 Å². The van der Waals surface area contributed by atoms with Crippen LogP contribution in [0.5, 0.6) is 11.6 Å². The van der Waals surface area contributed by atoms with E-state index < -0.39 is 104 Å². The summed E-state index contributed by atoms with van der Waals surface area (Å²) in [7, 11) is -2.76. The molecule has 2 aliphatic heterocycles. The number of allylic oxidation sites excluding steroid dienone is 2. The van der Waals surface area contributed by atoms with E-state index in [9.17, 15) is 45.2 Å². The van der Waals surface area contributed by atoms with Crippen LogP contribution in [0.2, 0.25) is 0 Å². The van der Waals surface area contributed by atoms with Gasteiger partial charge in [-0.3, -0.25) is 23.9 Å². The zero-order valence-corrected chi connectivity index (χ0v) is 35.8. The molecule has 2 amide bonds. The molecule has 1 aromatic heterocycles. The number of esters is 1. The van der Waals surface area contributed by atoms with Gasteiger partial charge in [-0.05, 0) is 84.0 Å². The third-order valence-corrected chi connectivity index (χ3v) is 15.1. The monoisotopic (exact) mass is 866 g/mol. The minimum atomic E-state index is -4.89. The van der Waals surface area contributed by atoms with E-state index in [0.717, 1.165) is 19.9 Å². The third kappa shape index (κ3) is 9.13. The van der Waals surface area contributed by atoms with E-state index >= 15 is 0 Å². The van der Waals surface area contributed by atoms with Crippen LogP contribution in [0.25, 0.3) is 11.0 Å². The molecule has 0 bridgehead atoms. The fourth-order valence-corrected chi connectivity index (χ4v) is 9.80. The summed E-state index contributed by atoms with van der Waals surface area (Å²) in [5.41, 5.74) is -3.52. The van der Waals surface area contributed by atoms with Gasteiger partial charge in [-0.2, -0.15) is 13.2 Å². The first-order valence-electron chi connectivity index (χ1n) is 20.5. The van der Waals surface area contributed by atoms with Crippen LogP contribution in [0.15, 0.2) is 24.3 Å². The van der Waals surface area contributed by atoms with Gasteiger partial charge in [-0.15, -0.1) is 0 Å². The Kier molecular flexibility index (Phi) is 12.4. The van der Waals surface area contributed by atoms with E-state index in [1.165, 1.54) is 18.1 Å². The van der Waals surface area contributed by atoms with Crippen molar-refractivity contribution < 1.29 is 59.4 Å². The Balaban J connectivity index is 1.37. The number of aromatic nitrogens is 2. The van der Waals surface area contributed by atoms with Gasteiger partial charge in [-0.25, -0.2) is 22.8 Å². The van der Waals surface area contributed by atoms with Gasteiger partial charge in [0.15, 0.2) is 17.3 Å². The Bertz CT molecular complexity index is 2180. The van der Waals surface area contributed by atoms with Crippen LogP contribution in [0.3, 0.4) is 0 Å². The summed E-state index contributed by atoms with van der Waals surface area (Å²) in [6.07, 6.45) is -0.253. The van der Waals surface area contributed by atoms with Crippen LogP contribution in [-0.4, -0.2) is 89.2 Å². The summed E-state index contributed by atoms with van der Waals surface area (Å²) in [5, 5.41) is 0. The molecule has 2 aliphatic carbocycles. The first-order chi connectivity index (χ1) is 27.9. The van der Waals surface area contributed by atoms with E-state index in [4.69, 9.17) is 14.2 Å². The molecule has 6 rings (SSSR count). The van der Waals surface area contributed by atoms with Crippen molar-refractivity contribution in [3.05, 3.63) is 35.8 Å². The van der Waals surface area contributed by atoms with Crippen molar-refractivity contribution in [1.82, 2.24) is 19.6 Å². The molecule has 2 saturated carbocycles. The van der Waals surface area contributed by atoms with E-state index in [1.807, 2.05) is 26.0 Å². The Morgan fingerprint density at radius 1 is 1.08 bits per heavy atom. The number of nitrogens with zero attached hydrogens (tertiary/aromatic N) is 3. The van der Waals surface area contributed by atoms with Gasteiger partial charge in [0.1, 0.15) is 11.8 Å². The molecule has 7 atom stereocenters. The van der Waals surface area contributed by atoms with Crippen molar-refractivity contribution in [2.45, 2.75) is 134 Å². The van der Waals surface area contributed by atoms with Crippen molar-refractivity contribution in [2.75, 3.05) is 13.7 Å². The van der Waals surface area contributed by atoms with Crippen LogP contribution in [0, 0.1) is 41.8 Å².